The van der Waals surface area contributed by atoms with Crippen molar-refractivity contribution in [3.8, 4) is 0 Å². The number of nitrogens with one attached hydrogen (secondary N) is 1. The van der Waals surface area contributed by atoms with E-state index >= 15 is 0 Å². The minimum Gasteiger partial charge on any atom is -0.286 e. The van der Waals surface area contributed by atoms with Crippen molar-refractivity contribution in [2.24, 2.45) is 0 Å². The molecule has 58 valence electrons. The molecule has 1 aliphatic rings. The number of rotatable bonds is 0. The molecule has 1 unspecified atom stereocenters. The molecule has 1 rings (SSSR count). The molecule has 0 aromatic carbocycles. The molecule has 0 aromatic rings. The highest BCUT2D eigenvalue weighted by Crippen LogP contribution is 2.16. The summed E-state index contributed by atoms with van der Waals surface area (Å²) in [4.78, 5) is 20.7. The lowest BCUT2D eigenvalue weighted by Gasteiger charge is -1.87. The zero-order chi connectivity index (χ0) is 8.15. The lowest BCUT2D eigenvalue weighted by atomic mass is 10.5. The third-order valence-corrected chi connectivity index (χ3v) is 1.76. The first-order valence-electron chi connectivity index (χ1n) is 3.21. The molecule has 0 saturated carbocycles. The second kappa shape index (κ2) is 4.33. The van der Waals surface area contributed by atoms with Crippen molar-refractivity contribution >= 4 is 22.9 Å². The minimum absolute atomic E-state index is 0.181. The average Bonchev–Trinajstić information content (AvgIpc) is 2.16. The van der Waals surface area contributed by atoms with Gasteiger partial charge in [-0.2, -0.15) is 0 Å². The van der Waals surface area contributed by atoms with Gasteiger partial charge in [-0.05, 0) is 6.92 Å². The maximum absolute atomic E-state index is 10.4. The molecule has 10 heavy (non-hydrogen) atoms. The maximum atomic E-state index is 10.4. The number of carbonyl (C=O) groups excluding carboxylic acids is 2. The molecule has 1 fully saturated rings. The van der Waals surface area contributed by atoms with Crippen LogP contribution in [0.15, 0.2) is 0 Å². The van der Waals surface area contributed by atoms with Crippen LogP contribution in [0.1, 0.15) is 20.8 Å². The summed E-state index contributed by atoms with van der Waals surface area (Å²) in [5.74, 6) is -0.181. The lowest BCUT2D eigenvalue weighted by Crippen LogP contribution is -2.22. The molecular weight excluding hydrogens is 150 g/mol. The second-order valence-electron chi connectivity index (χ2n) is 1.54. The van der Waals surface area contributed by atoms with E-state index in [1.807, 2.05) is 13.8 Å². The Labute approximate surface area is 64.6 Å². The largest absolute Gasteiger partial charge is 0.286 e. The van der Waals surface area contributed by atoms with Gasteiger partial charge in [-0.1, -0.05) is 25.6 Å². The lowest BCUT2D eigenvalue weighted by molar-refractivity contribution is -0.118. The first kappa shape index (κ1) is 9.49. The van der Waals surface area contributed by atoms with Crippen molar-refractivity contribution < 1.29 is 9.59 Å². The number of hydrogen-bond acceptors (Lipinski definition) is 3. The van der Waals surface area contributed by atoms with Crippen LogP contribution >= 0.6 is 11.8 Å². The Hall–Kier alpha value is -0.510. The molecule has 1 saturated heterocycles. The standard InChI is InChI=1S/C4H5NO2S.C2H6/c1-2-3(6)5-4(7)8-2;1-2/h2H,1H3,(H,5,6,7);1-2H3. The highest BCUT2D eigenvalue weighted by atomic mass is 32.2. The summed E-state index contributed by atoms with van der Waals surface area (Å²) < 4.78 is 0. The summed E-state index contributed by atoms with van der Waals surface area (Å²) in [6.07, 6.45) is 0. The highest BCUT2D eigenvalue weighted by molar-refractivity contribution is 8.15. The summed E-state index contributed by atoms with van der Waals surface area (Å²) >= 11 is 1.03. The maximum Gasteiger partial charge on any atom is 0.286 e. The van der Waals surface area contributed by atoms with Gasteiger partial charge >= 0.3 is 0 Å². The van der Waals surface area contributed by atoms with Crippen LogP contribution in [0.5, 0.6) is 0 Å². The van der Waals surface area contributed by atoms with E-state index in [9.17, 15) is 9.59 Å². The van der Waals surface area contributed by atoms with E-state index < -0.39 is 0 Å². The molecule has 0 aromatic heterocycles. The van der Waals surface area contributed by atoms with E-state index in [0.29, 0.717) is 0 Å². The molecule has 1 atom stereocenters. The molecule has 2 amide bonds. The highest BCUT2D eigenvalue weighted by Gasteiger charge is 2.26. The van der Waals surface area contributed by atoms with Crippen LogP contribution < -0.4 is 5.32 Å². The molecule has 1 N–H and O–H groups in total. The summed E-state index contributed by atoms with van der Waals surface area (Å²) in [5.41, 5.74) is 0. The molecule has 0 radical (unpaired) electrons. The van der Waals surface area contributed by atoms with E-state index in [0.717, 1.165) is 11.8 Å². The van der Waals surface area contributed by atoms with Gasteiger partial charge in [0, 0.05) is 0 Å². The van der Waals surface area contributed by atoms with Crippen molar-refractivity contribution in [3.05, 3.63) is 0 Å². The predicted octanol–water partition coefficient (Wildman–Crippen LogP) is 1.38. The van der Waals surface area contributed by atoms with Crippen molar-refractivity contribution in [1.82, 2.24) is 5.32 Å². The van der Waals surface area contributed by atoms with Gasteiger partial charge in [0.05, 0.1) is 5.25 Å². The molecule has 0 spiro atoms. The topological polar surface area (TPSA) is 46.2 Å². The van der Waals surface area contributed by atoms with Gasteiger partial charge in [0.1, 0.15) is 0 Å². The molecule has 3 nitrogen and oxygen atoms in total. The van der Waals surface area contributed by atoms with Crippen LogP contribution in [0.4, 0.5) is 4.79 Å². The fourth-order valence-corrected chi connectivity index (χ4v) is 1.09. The number of carbonyl (C=O) groups is 2. The average molecular weight is 161 g/mol. The van der Waals surface area contributed by atoms with E-state index in [1.54, 1.807) is 6.92 Å². The Morgan fingerprint density at radius 2 is 1.90 bits per heavy atom. The Kier molecular flexibility index (Phi) is 4.11. The van der Waals surface area contributed by atoms with Crippen molar-refractivity contribution in [1.29, 1.82) is 0 Å². The SMILES string of the molecule is CC.CC1SC(=O)NC1=O. The predicted molar refractivity (Wildman–Crippen MR) is 41.9 cm³/mol. The Bertz CT molecular complexity index is 147. The van der Waals surface area contributed by atoms with E-state index in [1.165, 1.54) is 0 Å². The zero-order valence-electron chi connectivity index (χ0n) is 6.30. The van der Waals surface area contributed by atoms with Gasteiger partial charge in [0.2, 0.25) is 5.91 Å². The van der Waals surface area contributed by atoms with E-state index in [2.05, 4.69) is 5.32 Å². The van der Waals surface area contributed by atoms with Crippen molar-refractivity contribution in [3.63, 3.8) is 0 Å². The molecule has 4 heteroatoms. The first-order valence-corrected chi connectivity index (χ1v) is 4.09. The normalized spacial score (nSPS) is 23.3. The number of amides is 2. The van der Waals surface area contributed by atoms with Gasteiger partial charge in [0.25, 0.3) is 5.24 Å². The van der Waals surface area contributed by atoms with Gasteiger partial charge in [0.15, 0.2) is 0 Å². The van der Waals surface area contributed by atoms with Gasteiger partial charge in [-0.25, -0.2) is 0 Å². The number of hydrogen-bond donors (Lipinski definition) is 1. The van der Waals surface area contributed by atoms with Crippen LogP contribution in [0.25, 0.3) is 0 Å². The Balaban J connectivity index is 0.000000371. The number of thioether (sulfide) groups is 1. The van der Waals surface area contributed by atoms with Crippen molar-refractivity contribution in [2.45, 2.75) is 26.0 Å². The molecule has 0 aliphatic carbocycles. The third-order valence-electron chi connectivity index (χ3n) is 0.878. The Morgan fingerprint density at radius 1 is 1.40 bits per heavy atom. The molecule has 1 aliphatic heterocycles. The number of imide groups is 1. The van der Waals surface area contributed by atoms with Crippen LogP contribution in [0.3, 0.4) is 0 Å². The summed E-state index contributed by atoms with van der Waals surface area (Å²) in [6, 6.07) is 0. The molecular formula is C6H11NO2S. The van der Waals surface area contributed by atoms with E-state index in [4.69, 9.17) is 0 Å². The van der Waals surface area contributed by atoms with Gasteiger partial charge in [-0.15, -0.1) is 0 Å². The molecule has 1 heterocycles. The Morgan fingerprint density at radius 3 is 2.00 bits per heavy atom. The zero-order valence-corrected chi connectivity index (χ0v) is 7.12. The monoisotopic (exact) mass is 161 g/mol. The van der Waals surface area contributed by atoms with Crippen LogP contribution in [0, 0.1) is 0 Å². The van der Waals surface area contributed by atoms with Gasteiger partial charge in [-0.3, -0.25) is 14.9 Å². The van der Waals surface area contributed by atoms with Crippen molar-refractivity contribution in [2.75, 3.05) is 0 Å². The van der Waals surface area contributed by atoms with Gasteiger partial charge < -0.3 is 0 Å². The minimum atomic E-state index is -0.234. The van der Waals surface area contributed by atoms with Crippen LogP contribution in [-0.2, 0) is 4.79 Å². The fourth-order valence-electron chi connectivity index (χ4n) is 0.446. The first-order chi connectivity index (χ1) is 4.70. The smallest absolute Gasteiger partial charge is 0.286 e. The second-order valence-corrected chi connectivity index (χ2v) is 2.85. The van der Waals surface area contributed by atoms with Crippen LogP contribution in [-0.4, -0.2) is 16.4 Å². The summed E-state index contributed by atoms with van der Waals surface area (Å²) in [5, 5.41) is 1.73. The van der Waals surface area contributed by atoms with E-state index in [-0.39, 0.29) is 16.4 Å². The summed E-state index contributed by atoms with van der Waals surface area (Å²) in [6.45, 7) is 5.70. The third kappa shape index (κ3) is 2.39. The van der Waals surface area contributed by atoms with Crippen LogP contribution in [0.2, 0.25) is 0 Å². The molecule has 0 bridgehead atoms. The summed E-state index contributed by atoms with van der Waals surface area (Å²) in [7, 11) is 0. The quantitative estimate of drug-likeness (QED) is 0.584. The fraction of sp³-hybridized carbons (Fsp3) is 0.667.